The van der Waals surface area contributed by atoms with Crippen LogP contribution < -0.4 is 0 Å². The Morgan fingerprint density at radius 1 is 1.21 bits per heavy atom. The molecule has 2 atom stereocenters. The summed E-state index contributed by atoms with van der Waals surface area (Å²) < 4.78 is 0. The van der Waals surface area contributed by atoms with Gasteiger partial charge in [0.05, 0.1) is 18.4 Å². The topological polar surface area (TPSA) is 54.5 Å². The van der Waals surface area contributed by atoms with Crippen molar-refractivity contribution in [2.24, 2.45) is 11.8 Å². The standard InChI is InChI=1S/C15H15NO3/c1-8-3-4-9(2)10(5-8)13(17)7-16-14(18)11-6-12(11)15(16)19/h3-5,11-12H,6-7H2,1-2H3. The number of ketones is 1. The highest BCUT2D eigenvalue weighted by atomic mass is 16.2. The molecule has 4 heteroatoms. The lowest BCUT2D eigenvalue weighted by atomic mass is 10.0. The number of likely N-dealkylation sites (tertiary alicyclic amines) is 1. The molecule has 0 N–H and O–H groups in total. The highest BCUT2D eigenvalue weighted by Gasteiger charge is 2.59. The Balaban J connectivity index is 1.80. The summed E-state index contributed by atoms with van der Waals surface area (Å²) in [5.74, 6) is -0.788. The number of amides is 2. The Bertz CT molecular complexity index is 585. The number of benzene rings is 1. The Hall–Kier alpha value is -1.97. The number of fused-ring (bicyclic) bond motifs is 1. The molecule has 0 spiro atoms. The predicted octanol–water partition coefficient (Wildman–Crippen LogP) is 1.49. The Morgan fingerprint density at radius 3 is 2.47 bits per heavy atom. The number of rotatable bonds is 3. The van der Waals surface area contributed by atoms with E-state index in [0.717, 1.165) is 16.0 Å². The van der Waals surface area contributed by atoms with Gasteiger partial charge in [-0.05, 0) is 31.9 Å². The van der Waals surface area contributed by atoms with E-state index in [1.807, 2.05) is 32.0 Å². The zero-order chi connectivity index (χ0) is 13.7. The summed E-state index contributed by atoms with van der Waals surface area (Å²) in [5.41, 5.74) is 2.47. The maximum Gasteiger partial charge on any atom is 0.233 e. The van der Waals surface area contributed by atoms with Gasteiger partial charge < -0.3 is 0 Å². The van der Waals surface area contributed by atoms with E-state index in [1.165, 1.54) is 0 Å². The largest absolute Gasteiger partial charge is 0.292 e. The smallest absolute Gasteiger partial charge is 0.233 e. The first-order valence-corrected chi connectivity index (χ1v) is 6.44. The van der Waals surface area contributed by atoms with Crippen molar-refractivity contribution < 1.29 is 14.4 Å². The molecule has 2 fully saturated rings. The van der Waals surface area contributed by atoms with Crippen LogP contribution in [0.15, 0.2) is 18.2 Å². The van der Waals surface area contributed by atoms with E-state index in [0.29, 0.717) is 12.0 Å². The van der Waals surface area contributed by atoms with Crippen LogP contribution in [0.3, 0.4) is 0 Å². The molecule has 19 heavy (non-hydrogen) atoms. The first kappa shape index (κ1) is 12.1. The fourth-order valence-electron chi connectivity index (χ4n) is 2.67. The van der Waals surface area contributed by atoms with Crippen LogP contribution in [0.25, 0.3) is 0 Å². The average Bonchev–Trinajstić information content (AvgIpc) is 3.13. The molecule has 1 aromatic carbocycles. The third kappa shape index (κ3) is 1.87. The van der Waals surface area contributed by atoms with E-state index >= 15 is 0 Å². The van der Waals surface area contributed by atoms with E-state index < -0.39 is 0 Å². The summed E-state index contributed by atoms with van der Waals surface area (Å²) in [7, 11) is 0. The molecule has 1 heterocycles. The van der Waals surface area contributed by atoms with E-state index in [2.05, 4.69) is 0 Å². The van der Waals surface area contributed by atoms with Crippen LogP contribution in [0.5, 0.6) is 0 Å². The third-order valence-corrected chi connectivity index (χ3v) is 3.95. The summed E-state index contributed by atoms with van der Waals surface area (Å²) in [6.45, 7) is 3.66. The second-order valence-electron chi connectivity index (χ2n) is 5.45. The molecular formula is C15H15NO3. The van der Waals surface area contributed by atoms with Crippen LogP contribution in [0.4, 0.5) is 0 Å². The Morgan fingerprint density at radius 2 is 1.84 bits per heavy atom. The lowest BCUT2D eigenvalue weighted by Gasteiger charge is -2.16. The number of aryl methyl sites for hydroxylation is 2. The molecule has 4 nitrogen and oxygen atoms in total. The minimum atomic E-state index is -0.173. The monoisotopic (exact) mass is 257 g/mol. The van der Waals surface area contributed by atoms with Crippen molar-refractivity contribution in [2.45, 2.75) is 20.3 Å². The molecule has 1 saturated carbocycles. The van der Waals surface area contributed by atoms with Gasteiger partial charge in [0.25, 0.3) is 0 Å². The minimum Gasteiger partial charge on any atom is -0.292 e. The fraction of sp³-hybridized carbons (Fsp3) is 0.400. The normalized spacial score (nSPS) is 24.6. The quantitative estimate of drug-likeness (QED) is 0.609. The van der Waals surface area contributed by atoms with Gasteiger partial charge in [-0.15, -0.1) is 0 Å². The summed E-state index contributed by atoms with van der Waals surface area (Å²) in [6, 6.07) is 5.63. The molecule has 0 bridgehead atoms. The molecule has 1 aliphatic heterocycles. The van der Waals surface area contributed by atoms with Gasteiger partial charge in [-0.2, -0.15) is 0 Å². The fourth-order valence-corrected chi connectivity index (χ4v) is 2.67. The van der Waals surface area contributed by atoms with E-state index in [1.54, 1.807) is 0 Å². The zero-order valence-corrected chi connectivity index (χ0v) is 11.0. The lowest BCUT2D eigenvalue weighted by molar-refractivity contribution is -0.140. The van der Waals surface area contributed by atoms with Crippen molar-refractivity contribution >= 4 is 17.6 Å². The van der Waals surface area contributed by atoms with E-state index in [4.69, 9.17) is 0 Å². The highest BCUT2D eigenvalue weighted by molar-refractivity contribution is 6.12. The van der Waals surface area contributed by atoms with Gasteiger partial charge >= 0.3 is 0 Å². The first-order chi connectivity index (χ1) is 8.99. The summed E-state index contributed by atoms with van der Waals surface area (Å²) in [5, 5.41) is 0. The Labute approximate surface area is 111 Å². The average molecular weight is 257 g/mol. The molecule has 2 unspecified atom stereocenters. The second kappa shape index (κ2) is 4.02. The Kier molecular flexibility index (Phi) is 2.55. The van der Waals surface area contributed by atoms with E-state index in [-0.39, 0.29) is 36.0 Å². The molecule has 98 valence electrons. The maximum absolute atomic E-state index is 12.2. The molecule has 2 aliphatic rings. The van der Waals surface area contributed by atoms with Gasteiger partial charge in [0.15, 0.2) is 5.78 Å². The first-order valence-electron chi connectivity index (χ1n) is 6.44. The minimum absolute atomic E-state index is 0.116. The summed E-state index contributed by atoms with van der Waals surface area (Å²) >= 11 is 0. The van der Waals surface area contributed by atoms with Crippen LogP contribution >= 0.6 is 0 Å². The third-order valence-electron chi connectivity index (χ3n) is 3.95. The van der Waals surface area contributed by atoms with Crippen molar-refractivity contribution in [3.63, 3.8) is 0 Å². The number of hydrogen-bond acceptors (Lipinski definition) is 3. The number of Topliss-reactive ketones (excluding diaryl/α,β-unsaturated/α-hetero) is 1. The van der Waals surface area contributed by atoms with Gasteiger partial charge in [0.2, 0.25) is 11.8 Å². The van der Waals surface area contributed by atoms with Gasteiger partial charge in [-0.3, -0.25) is 19.3 Å². The summed E-state index contributed by atoms with van der Waals surface area (Å²) in [6.07, 6.45) is 0.672. The lowest BCUT2D eigenvalue weighted by Crippen LogP contribution is -2.37. The van der Waals surface area contributed by atoms with Gasteiger partial charge in [-0.1, -0.05) is 17.7 Å². The maximum atomic E-state index is 12.2. The highest BCUT2D eigenvalue weighted by Crippen LogP contribution is 2.46. The molecular weight excluding hydrogens is 242 g/mol. The van der Waals surface area contributed by atoms with Gasteiger partial charge in [-0.25, -0.2) is 0 Å². The number of carbonyl (C=O) groups excluding carboxylic acids is 3. The second-order valence-corrected chi connectivity index (χ2v) is 5.45. The SMILES string of the molecule is Cc1ccc(C)c(C(=O)CN2C(=O)C3CC3C2=O)c1. The molecule has 1 saturated heterocycles. The number of piperidine rings is 1. The van der Waals surface area contributed by atoms with Gasteiger partial charge in [0, 0.05) is 5.56 Å². The number of hydrogen-bond donors (Lipinski definition) is 0. The van der Waals surface area contributed by atoms with Crippen LogP contribution in [0.2, 0.25) is 0 Å². The van der Waals surface area contributed by atoms with Gasteiger partial charge in [0.1, 0.15) is 0 Å². The molecule has 2 amide bonds. The summed E-state index contributed by atoms with van der Waals surface area (Å²) in [4.78, 5) is 37.0. The van der Waals surface area contributed by atoms with Crippen molar-refractivity contribution in [2.75, 3.05) is 6.54 Å². The number of nitrogens with zero attached hydrogens (tertiary/aromatic N) is 1. The van der Waals surface area contributed by atoms with Crippen LogP contribution in [0, 0.1) is 25.7 Å². The zero-order valence-electron chi connectivity index (χ0n) is 11.0. The van der Waals surface area contributed by atoms with Crippen LogP contribution in [0.1, 0.15) is 27.9 Å². The van der Waals surface area contributed by atoms with E-state index in [9.17, 15) is 14.4 Å². The molecule has 3 rings (SSSR count). The van der Waals surface area contributed by atoms with Crippen LogP contribution in [-0.4, -0.2) is 29.0 Å². The van der Waals surface area contributed by atoms with Crippen molar-refractivity contribution in [1.82, 2.24) is 4.90 Å². The molecule has 1 aliphatic carbocycles. The molecule has 1 aromatic rings. The van der Waals surface area contributed by atoms with Crippen molar-refractivity contribution in [3.8, 4) is 0 Å². The number of imide groups is 1. The molecule has 0 aromatic heterocycles. The predicted molar refractivity (Wildman–Crippen MR) is 68.6 cm³/mol. The van der Waals surface area contributed by atoms with Crippen molar-refractivity contribution in [1.29, 1.82) is 0 Å². The number of carbonyl (C=O) groups is 3. The van der Waals surface area contributed by atoms with Crippen LogP contribution in [-0.2, 0) is 9.59 Å². The molecule has 0 radical (unpaired) electrons. The van der Waals surface area contributed by atoms with Crippen molar-refractivity contribution in [3.05, 3.63) is 34.9 Å².